The molecule has 3 aromatic carbocycles. The van der Waals surface area contributed by atoms with Crippen LogP contribution in [0, 0.1) is 0 Å². The van der Waals surface area contributed by atoms with E-state index in [9.17, 15) is 9.59 Å². The van der Waals surface area contributed by atoms with Gasteiger partial charge in [-0.25, -0.2) is 0 Å². The van der Waals surface area contributed by atoms with Crippen molar-refractivity contribution >= 4 is 50.7 Å². The van der Waals surface area contributed by atoms with Gasteiger partial charge in [0.1, 0.15) is 0 Å². The highest BCUT2D eigenvalue weighted by atomic mass is 32.2. The smallest absolute Gasteiger partial charge is 0.293 e. The van der Waals surface area contributed by atoms with Crippen molar-refractivity contribution in [1.82, 2.24) is 9.47 Å². The predicted molar refractivity (Wildman–Crippen MR) is 128 cm³/mol. The van der Waals surface area contributed by atoms with Crippen molar-refractivity contribution in [3.63, 3.8) is 0 Å². The number of imide groups is 1. The molecule has 1 aromatic heterocycles. The highest BCUT2D eigenvalue weighted by Gasteiger charge is 2.34. The minimum Gasteiger partial charge on any atom is -0.342 e. The molecule has 0 N–H and O–H groups in total. The first-order chi connectivity index (χ1) is 15.1. The number of hydrogen-bond acceptors (Lipinski definition) is 3. The van der Waals surface area contributed by atoms with Crippen molar-refractivity contribution in [2.45, 2.75) is 19.9 Å². The molecule has 5 rings (SSSR count). The van der Waals surface area contributed by atoms with Gasteiger partial charge in [0.15, 0.2) is 0 Å². The summed E-state index contributed by atoms with van der Waals surface area (Å²) in [4.78, 5) is 26.7. The van der Waals surface area contributed by atoms with Crippen molar-refractivity contribution in [3.05, 3.63) is 89.0 Å². The third-order valence-electron chi connectivity index (χ3n) is 5.59. The minimum atomic E-state index is -0.191. The van der Waals surface area contributed by atoms with Gasteiger partial charge in [-0.3, -0.25) is 14.5 Å². The lowest BCUT2D eigenvalue weighted by Crippen LogP contribution is -2.28. The summed E-state index contributed by atoms with van der Waals surface area (Å²) in [7, 11) is 0. The van der Waals surface area contributed by atoms with Crippen LogP contribution in [0.4, 0.5) is 4.79 Å². The maximum Gasteiger partial charge on any atom is 0.293 e. The van der Waals surface area contributed by atoms with Crippen molar-refractivity contribution in [3.8, 4) is 0 Å². The summed E-state index contributed by atoms with van der Waals surface area (Å²) in [5.74, 6) is -0.191. The zero-order valence-corrected chi connectivity index (χ0v) is 18.1. The number of carbonyl (C=O) groups is 2. The maximum atomic E-state index is 12.7. The van der Waals surface area contributed by atoms with Crippen LogP contribution in [0.15, 0.2) is 77.8 Å². The van der Waals surface area contributed by atoms with Crippen LogP contribution in [0.25, 0.3) is 27.8 Å². The first kappa shape index (κ1) is 19.6. The number of aromatic nitrogens is 1. The molecule has 0 spiro atoms. The molecule has 4 nitrogen and oxygen atoms in total. The number of carbonyl (C=O) groups excluding carboxylic acids is 2. The number of rotatable bonds is 5. The average Bonchev–Trinajstić information content (AvgIpc) is 3.26. The van der Waals surface area contributed by atoms with Gasteiger partial charge in [0.25, 0.3) is 11.1 Å². The van der Waals surface area contributed by atoms with Crippen LogP contribution in [-0.4, -0.2) is 27.2 Å². The Bertz CT molecular complexity index is 1350. The lowest BCUT2D eigenvalue weighted by Gasteiger charge is -2.09. The molecule has 1 fully saturated rings. The number of nitrogens with zero attached hydrogens (tertiary/aromatic N) is 2. The third-order valence-corrected chi connectivity index (χ3v) is 6.50. The van der Waals surface area contributed by atoms with E-state index >= 15 is 0 Å². The fourth-order valence-corrected chi connectivity index (χ4v) is 4.97. The molecule has 0 atom stereocenters. The van der Waals surface area contributed by atoms with Gasteiger partial charge < -0.3 is 4.57 Å². The van der Waals surface area contributed by atoms with Crippen LogP contribution >= 0.6 is 11.8 Å². The molecule has 5 heteroatoms. The average molecular weight is 427 g/mol. The van der Waals surface area contributed by atoms with Gasteiger partial charge in [-0.05, 0) is 52.7 Å². The molecule has 2 heterocycles. The quantitative estimate of drug-likeness (QED) is 0.352. The second-order valence-corrected chi connectivity index (χ2v) is 8.74. The SMILES string of the molecule is CCCN1C(=O)S/C(=C/c2cn(Cc3ccc4ccccc4c3)c3ccccc23)C1=O. The summed E-state index contributed by atoms with van der Waals surface area (Å²) in [6.07, 6.45) is 4.70. The molecular weight excluding hydrogens is 404 g/mol. The Hall–Kier alpha value is -3.31. The second-order valence-electron chi connectivity index (χ2n) is 7.74. The molecule has 4 aromatic rings. The summed E-state index contributed by atoms with van der Waals surface area (Å²) < 4.78 is 2.21. The Morgan fingerprint density at radius 2 is 1.71 bits per heavy atom. The molecule has 154 valence electrons. The van der Waals surface area contributed by atoms with E-state index in [-0.39, 0.29) is 11.1 Å². The molecule has 1 saturated heterocycles. The summed E-state index contributed by atoms with van der Waals surface area (Å²) in [6.45, 7) is 3.16. The molecular formula is C26H22N2O2S. The fourth-order valence-electron chi connectivity index (χ4n) is 4.11. The zero-order valence-electron chi connectivity index (χ0n) is 17.2. The van der Waals surface area contributed by atoms with Crippen LogP contribution in [0.2, 0.25) is 0 Å². The van der Waals surface area contributed by atoms with Gasteiger partial charge in [-0.15, -0.1) is 0 Å². The predicted octanol–water partition coefficient (Wildman–Crippen LogP) is 6.29. The van der Waals surface area contributed by atoms with E-state index in [0.29, 0.717) is 11.4 Å². The minimum absolute atomic E-state index is 0.182. The third kappa shape index (κ3) is 3.66. The lowest BCUT2D eigenvalue weighted by molar-refractivity contribution is -0.122. The highest BCUT2D eigenvalue weighted by molar-refractivity contribution is 8.18. The van der Waals surface area contributed by atoms with Crippen molar-refractivity contribution < 1.29 is 9.59 Å². The molecule has 0 unspecified atom stereocenters. The first-order valence-corrected chi connectivity index (χ1v) is 11.3. The topological polar surface area (TPSA) is 42.3 Å². The molecule has 0 aliphatic carbocycles. The number of fused-ring (bicyclic) bond motifs is 2. The van der Waals surface area contributed by atoms with E-state index in [2.05, 4.69) is 65.4 Å². The largest absolute Gasteiger partial charge is 0.342 e. The van der Waals surface area contributed by atoms with E-state index in [4.69, 9.17) is 0 Å². The lowest BCUT2D eigenvalue weighted by atomic mass is 10.1. The van der Waals surface area contributed by atoms with E-state index in [1.807, 2.05) is 25.1 Å². The Balaban J connectivity index is 1.52. The summed E-state index contributed by atoms with van der Waals surface area (Å²) in [5.41, 5.74) is 3.28. The van der Waals surface area contributed by atoms with Gasteiger partial charge in [-0.2, -0.15) is 0 Å². The Morgan fingerprint density at radius 3 is 2.55 bits per heavy atom. The molecule has 0 bridgehead atoms. The molecule has 2 amide bonds. The first-order valence-electron chi connectivity index (χ1n) is 10.4. The molecule has 0 saturated carbocycles. The van der Waals surface area contributed by atoms with E-state index in [1.165, 1.54) is 21.2 Å². The molecule has 0 radical (unpaired) electrons. The van der Waals surface area contributed by atoms with Crippen LogP contribution in [0.1, 0.15) is 24.5 Å². The van der Waals surface area contributed by atoms with Crippen molar-refractivity contribution in [2.75, 3.05) is 6.54 Å². The second kappa shape index (κ2) is 8.08. The summed E-state index contributed by atoms with van der Waals surface area (Å²) in [6, 6.07) is 23.1. The van der Waals surface area contributed by atoms with Gasteiger partial charge in [0.05, 0.1) is 4.91 Å². The van der Waals surface area contributed by atoms with Crippen LogP contribution in [0.3, 0.4) is 0 Å². The summed E-state index contributed by atoms with van der Waals surface area (Å²) >= 11 is 1.03. The van der Waals surface area contributed by atoms with Gasteiger partial charge in [-0.1, -0.05) is 61.5 Å². The zero-order chi connectivity index (χ0) is 21.4. The highest BCUT2D eigenvalue weighted by Crippen LogP contribution is 2.34. The van der Waals surface area contributed by atoms with Crippen LogP contribution < -0.4 is 0 Å². The number of para-hydroxylation sites is 1. The maximum absolute atomic E-state index is 12.7. The van der Waals surface area contributed by atoms with Gasteiger partial charge in [0.2, 0.25) is 0 Å². The summed E-state index contributed by atoms with van der Waals surface area (Å²) in [5, 5.41) is 3.34. The molecule has 1 aliphatic rings. The van der Waals surface area contributed by atoms with E-state index in [0.717, 1.165) is 41.2 Å². The fraction of sp³-hybridized carbons (Fsp3) is 0.154. The van der Waals surface area contributed by atoms with E-state index in [1.54, 1.807) is 0 Å². The standard InChI is InChI=1S/C26H22N2O2S/c1-2-13-28-25(29)24(31-26(28)30)15-21-17-27(23-10-6-5-9-22(21)23)16-18-11-12-19-7-3-4-8-20(19)14-18/h3-12,14-15,17H,2,13,16H2,1H3/b24-15+. The van der Waals surface area contributed by atoms with E-state index < -0.39 is 0 Å². The normalized spacial score (nSPS) is 15.6. The molecule has 31 heavy (non-hydrogen) atoms. The number of benzene rings is 3. The Morgan fingerprint density at radius 1 is 0.935 bits per heavy atom. The van der Waals surface area contributed by atoms with Crippen molar-refractivity contribution in [1.29, 1.82) is 0 Å². The van der Waals surface area contributed by atoms with Crippen LogP contribution in [-0.2, 0) is 11.3 Å². The van der Waals surface area contributed by atoms with Gasteiger partial charge in [0, 0.05) is 35.8 Å². The number of amides is 2. The number of hydrogen-bond donors (Lipinski definition) is 0. The monoisotopic (exact) mass is 426 g/mol. The van der Waals surface area contributed by atoms with Crippen LogP contribution in [0.5, 0.6) is 0 Å². The van der Waals surface area contributed by atoms with Gasteiger partial charge >= 0.3 is 0 Å². The number of thioether (sulfide) groups is 1. The van der Waals surface area contributed by atoms with Crippen molar-refractivity contribution in [2.24, 2.45) is 0 Å². The Labute approximate surface area is 185 Å². The Kier molecular flexibility index (Phi) is 5.12. The molecule has 1 aliphatic heterocycles.